The highest BCUT2D eigenvalue weighted by Crippen LogP contribution is 2.28. The Balaban J connectivity index is 2.90. The van der Waals surface area contributed by atoms with Gasteiger partial charge in [0, 0.05) is 14.2 Å². The molecule has 0 radical (unpaired) electrons. The largest absolute Gasteiger partial charge is 0.478 e. The van der Waals surface area contributed by atoms with Crippen molar-refractivity contribution in [2.45, 2.75) is 0 Å². The van der Waals surface area contributed by atoms with Crippen molar-refractivity contribution in [2.24, 2.45) is 0 Å². The molecular weight excluding hydrogens is 228 g/mol. The minimum absolute atomic E-state index is 0.00636. The lowest BCUT2D eigenvalue weighted by atomic mass is 10.2. The van der Waals surface area contributed by atoms with Crippen LogP contribution in [0.4, 0.5) is 0 Å². The minimum Gasteiger partial charge on any atom is -0.478 e. The zero-order valence-corrected chi connectivity index (χ0v) is 9.63. The second kappa shape index (κ2) is 6.72. The van der Waals surface area contributed by atoms with E-state index in [0.29, 0.717) is 11.5 Å². The highest BCUT2D eigenvalue weighted by molar-refractivity contribution is 5.88. The molecule has 0 aliphatic rings. The molecule has 0 saturated carbocycles. The zero-order chi connectivity index (χ0) is 12.7. The van der Waals surface area contributed by atoms with Crippen LogP contribution in [0.15, 0.2) is 18.2 Å². The molecule has 6 nitrogen and oxygen atoms in total. The number of hydrogen-bond acceptors (Lipinski definition) is 5. The smallest absolute Gasteiger partial charge is 0.335 e. The maximum atomic E-state index is 10.8. The zero-order valence-electron chi connectivity index (χ0n) is 9.63. The van der Waals surface area contributed by atoms with Gasteiger partial charge in [0.05, 0.1) is 5.56 Å². The van der Waals surface area contributed by atoms with Crippen LogP contribution in [0.1, 0.15) is 10.4 Å². The minimum atomic E-state index is -1.04. The summed E-state index contributed by atoms with van der Waals surface area (Å²) in [7, 11) is 2.96. The van der Waals surface area contributed by atoms with Crippen molar-refractivity contribution in [3.63, 3.8) is 0 Å². The second-order valence-corrected chi connectivity index (χ2v) is 3.07. The molecule has 94 valence electrons. The standard InChI is InChI=1S/C11H14O6/c1-14-6-16-9-4-3-8(11(12)13)5-10(9)17-7-15-2/h3-5H,6-7H2,1-2H3,(H,12,13). The predicted octanol–water partition coefficient (Wildman–Crippen LogP) is 1.35. The summed E-state index contributed by atoms with van der Waals surface area (Å²) in [6.07, 6.45) is 0. The van der Waals surface area contributed by atoms with Gasteiger partial charge in [0.25, 0.3) is 0 Å². The van der Waals surface area contributed by atoms with E-state index in [4.69, 9.17) is 24.1 Å². The lowest BCUT2D eigenvalue weighted by Crippen LogP contribution is -2.06. The molecule has 1 rings (SSSR count). The number of benzene rings is 1. The number of aromatic carboxylic acids is 1. The van der Waals surface area contributed by atoms with Crippen molar-refractivity contribution in [1.29, 1.82) is 0 Å². The molecule has 1 N–H and O–H groups in total. The van der Waals surface area contributed by atoms with Gasteiger partial charge in [-0.1, -0.05) is 0 Å². The molecule has 0 aliphatic carbocycles. The Labute approximate surface area is 98.7 Å². The number of carboxylic acid groups (broad SMARTS) is 1. The van der Waals surface area contributed by atoms with Gasteiger partial charge >= 0.3 is 5.97 Å². The number of methoxy groups -OCH3 is 2. The van der Waals surface area contributed by atoms with E-state index in [9.17, 15) is 4.79 Å². The molecule has 0 aliphatic heterocycles. The molecule has 0 unspecified atom stereocenters. The van der Waals surface area contributed by atoms with Crippen molar-refractivity contribution in [3.05, 3.63) is 23.8 Å². The van der Waals surface area contributed by atoms with Crippen LogP contribution < -0.4 is 9.47 Å². The van der Waals surface area contributed by atoms with E-state index >= 15 is 0 Å². The monoisotopic (exact) mass is 242 g/mol. The van der Waals surface area contributed by atoms with E-state index in [1.165, 1.54) is 32.4 Å². The normalized spacial score (nSPS) is 10.0. The first kappa shape index (κ1) is 13.3. The SMILES string of the molecule is COCOc1ccc(C(=O)O)cc1OCOC. The van der Waals surface area contributed by atoms with Crippen molar-refractivity contribution in [2.75, 3.05) is 27.8 Å². The van der Waals surface area contributed by atoms with Gasteiger partial charge in [-0.25, -0.2) is 4.79 Å². The molecule has 0 saturated heterocycles. The number of carboxylic acids is 1. The van der Waals surface area contributed by atoms with Gasteiger partial charge in [-0.05, 0) is 18.2 Å². The summed E-state index contributed by atoms with van der Waals surface area (Å²) in [5.41, 5.74) is 0.112. The summed E-state index contributed by atoms with van der Waals surface area (Å²) in [6, 6.07) is 4.30. The van der Waals surface area contributed by atoms with Gasteiger partial charge < -0.3 is 24.1 Å². The molecule has 0 spiro atoms. The summed E-state index contributed by atoms with van der Waals surface area (Å²) in [5, 5.41) is 8.85. The number of ether oxygens (including phenoxy) is 4. The van der Waals surface area contributed by atoms with Gasteiger partial charge in [0.15, 0.2) is 25.1 Å². The van der Waals surface area contributed by atoms with Crippen LogP contribution in [0.3, 0.4) is 0 Å². The Morgan fingerprint density at radius 1 is 1.12 bits per heavy atom. The molecule has 0 amide bonds. The summed E-state index contributed by atoms with van der Waals surface area (Å²) in [4.78, 5) is 10.8. The van der Waals surface area contributed by atoms with E-state index in [1.807, 2.05) is 0 Å². The number of carbonyl (C=O) groups is 1. The third-order valence-corrected chi connectivity index (χ3v) is 1.86. The van der Waals surface area contributed by atoms with Crippen molar-refractivity contribution >= 4 is 5.97 Å². The Morgan fingerprint density at radius 3 is 2.24 bits per heavy atom. The molecular formula is C11H14O6. The first-order valence-electron chi connectivity index (χ1n) is 4.80. The van der Waals surface area contributed by atoms with Gasteiger partial charge in [-0.2, -0.15) is 0 Å². The molecule has 17 heavy (non-hydrogen) atoms. The lowest BCUT2D eigenvalue weighted by molar-refractivity contribution is 0.0321. The molecule has 1 aromatic carbocycles. The van der Waals surface area contributed by atoms with Crippen LogP contribution in [0.25, 0.3) is 0 Å². The first-order valence-corrected chi connectivity index (χ1v) is 4.80. The van der Waals surface area contributed by atoms with Crippen LogP contribution in [0, 0.1) is 0 Å². The Hall–Kier alpha value is -1.79. The molecule has 6 heteroatoms. The van der Waals surface area contributed by atoms with Gasteiger partial charge in [-0.3, -0.25) is 0 Å². The third-order valence-electron chi connectivity index (χ3n) is 1.86. The highest BCUT2D eigenvalue weighted by Gasteiger charge is 2.10. The van der Waals surface area contributed by atoms with E-state index in [2.05, 4.69) is 0 Å². The molecule has 0 heterocycles. The van der Waals surface area contributed by atoms with Crippen molar-refractivity contribution in [1.82, 2.24) is 0 Å². The maximum absolute atomic E-state index is 10.8. The van der Waals surface area contributed by atoms with E-state index in [1.54, 1.807) is 0 Å². The fraction of sp³-hybridized carbons (Fsp3) is 0.364. The Bertz CT molecular complexity index is 376. The number of hydrogen-bond donors (Lipinski definition) is 1. The summed E-state index contributed by atoms with van der Waals surface area (Å²) in [5.74, 6) is -0.344. The first-order chi connectivity index (χ1) is 8.19. The maximum Gasteiger partial charge on any atom is 0.335 e. The second-order valence-electron chi connectivity index (χ2n) is 3.07. The van der Waals surface area contributed by atoms with Crippen LogP contribution in [-0.4, -0.2) is 38.9 Å². The van der Waals surface area contributed by atoms with E-state index in [0.717, 1.165) is 0 Å². The quantitative estimate of drug-likeness (QED) is 0.727. The molecule has 0 fully saturated rings. The predicted molar refractivity (Wildman–Crippen MR) is 58.4 cm³/mol. The van der Waals surface area contributed by atoms with Crippen LogP contribution in [0.2, 0.25) is 0 Å². The molecule has 0 aromatic heterocycles. The van der Waals surface area contributed by atoms with E-state index < -0.39 is 5.97 Å². The third kappa shape index (κ3) is 3.93. The summed E-state index contributed by atoms with van der Waals surface area (Å²) < 4.78 is 19.9. The summed E-state index contributed by atoms with van der Waals surface area (Å²) >= 11 is 0. The van der Waals surface area contributed by atoms with Crippen molar-refractivity contribution in [3.8, 4) is 11.5 Å². The number of rotatable bonds is 7. The lowest BCUT2D eigenvalue weighted by Gasteiger charge is -2.12. The Morgan fingerprint density at radius 2 is 1.71 bits per heavy atom. The van der Waals surface area contributed by atoms with Gasteiger partial charge in [0.1, 0.15) is 0 Å². The van der Waals surface area contributed by atoms with Crippen molar-refractivity contribution < 1.29 is 28.8 Å². The Kier molecular flexibility index (Phi) is 5.25. The van der Waals surface area contributed by atoms with Crippen LogP contribution in [-0.2, 0) is 9.47 Å². The topological polar surface area (TPSA) is 74.2 Å². The van der Waals surface area contributed by atoms with Gasteiger partial charge in [0.2, 0.25) is 0 Å². The molecule has 0 bridgehead atoms. The van der Waals surface area contributed by atoms with Crippen LogP contribution >= 0.6 is 0 Å². The average Bonchev–Trinajstić information content (AvgIpc) is 2.34. The fourth-order valence-corrected chi connectivity index (χ4v) is 1.12. The van der Waals surface area contributed by atoms with E-state index in [-0.39, 0.29) is 19.1 Å². The molecule has 0 atom stereocenters. The highest BCUT2D eigenvalue weighted by atomic mass is 16.7. The fourth-order valence-electron chi connectivity index (χ4n) is 1.12. The summed E-state index contributed by atoms with van der Waals surface area (Å²) in [6.45, 7) is 0.0577. The molecule has 1 aromatic rings. The van der Waals surface area contributed by atoms with Gasteiger partial charge in [-0.15, -0.1) is 0 Å². The van der Waals surface area contributed by atoms with Crippen LogP contribution in [0.5, 0.6) is 11.5 Å². The average molecular weight is 242 g/mol.